The number of nitrogens with two attached hydrogens (primary N) is 1. The molecule has 4 N–H and O–H groups in total. The third-order valence-electron chi connectivity index (χ3n) is 3.30. The molecule has 0 bridgehead atoms. The molecule has 1 amide bonds. The molecular weight excluding hydrogens is 228 g/mol. The largest absolute Gasteiger partial charge is 0.480 e. The van der Waals surface area contributed by atoms with E-state index in [1.165, 1.54) is 0 Å². The Morgan fingerprint density at radius 1 is 1.47 bits per heavy atom. The van der Waals surface area contributed by atoms with Crippen LogP contribution in [0.15, 0.2) is 0 Å². The van der Waals surface area contributed by atoms with Crippen LogP contribution in [-0.2, 0) is 14.3 Å². The molecule has 3 unspecified atom stereocenters. The van der Waals surface area contributed by atoms with Crippen LogP contribution in [0, 0.1) is 0 Å². The second kappa shape index (κ2) is 4.25. The zero-order chi connectivity index (χ0) is 12.6. The van der Waals surface area contributed by atoms with Gasteiger partial charge in [-0.25, -0.2) is 4.79 Å². The standard InChI is InChI=1S/C10H16N2O5/c11-10(1-2-17-5-10)9(16)12-4-6(13)3-7(12)8(14)15/h6-7,13H,1-5,11H2,(H,14,15). The molecule has 2 aliphatic rings. The first-order chi connectivity index (χ1) is 7.94. The first-order valence-corrected chi connectivity index (χ1v) is 5.52. The molecule has 0 aliphatic carbocycles. The van der Waals surface area contributed by atoms with Crippen LogP contribution in [0.3, 0.4) is 0 Å². The monoisotopic (exact) mass is 244 g/mol. The first-order valence-electron chi connectivity index (χ1n) is 5.52. The number of nitrogens with zero attached hydrogens (tertiary/aromatic N) is 1. The second-order valence-electron chi connectivity index (χ2n) is 4.66. The van der Waals surface area contributed by atoms with Gasteiger partial charge in [0.15, 0.2) is 0 Å². The summed E-state index contributed by atoms with van der Waals surface area (Å²) in [4.78, 5) is 24.3. The lowest BCUT2D eigenvalue weighted by atomic mass is 9.98. The number of aliphatic carboxylic acids is 1. The van der Waals surface area contributed by atoms with Crippen LogP contribution in [-0.4, -0.2) is 64.4 Å². The van der Waals surface area contributed by atoms with E-state index in [4.69, 9.17) is 15.6 Å². The summed E-state index contributed by atoms with van der Waals surface area (Å²) >= 11 is 0. The summed E-state index contributed by atoms with van der Waals surface area (Å²) in [6.07, 6.45) is -0.367. The summed E-state index contributed by atoms with van der Waals surface area (Å²) in [5.74, 6) is -1.56. The Balaban J connectivity index is 2.15. The van der Waals surface area contributed by atoms with E-state index in [9.17, 15) is 14.7 Å². The lowest BCUT2D eigenvalue weighted by Gasteiger charge is -2.29. The number of rotatable bonds is 2. The number of aliphatic hydroxyl groups excluding tert-OH is 1. The molecule has 0 spiro atoms. The van der Waals surface area contributed by atoms with Crippen molar-refractivity contribution in [3.05, 3.63) is 0 Å². The maximum Gasteiger partial charge on any atom is 0.326 e. The Labute approximate surface area is 98.1 Å². The van der Waals surface area contributed by atoms with E-state index in [-0.39, 0.29) is 19.6 Å². The Hall–Kier alpha value is -1.18. The molecule has 2 saturated heterocycles. The van der Waals surface area contributed by atoms with E-state index in [0.29, 0.717) is 13.0 Å². The van der Waals surface area contributed by atoms with Gasteiger partial charge < -0.3 is 25.6 Å². The molecule has 2 aliphatic heterocycles. The quantitative estimate of drug-likeness (QED) is 0.525. The molecule has 7 nitrogen and oxygen atoms in total. The van der Waals surface area contributed by atoms with E-state index >= 15 is 0 Å². The number of hydrogen-bond acceptors (Lipinski definition) is 5. The number of carboxylic acid groups (broad SMARTS) is 1. The van der Waals surface area contributed by atoms with Crippen molar-refractivity contribution in [2.24, 2.45) is 5.73 Å². The van der Waals surface area contributed by atoms with Crippen molar-refractivity contribution in [2.75, 3.05) is 19.8 Å². The SMILES string of the molecule is NC1(C(=O)N2CC(O)CC2C(=O)O)CCOC1. The molecule has 2 rings (SSSR count). The maximum atomic E-state index is 12.2. The molecule has 0 aromatic carbocycles. The van der Waals surface area contributed by atoms with Gasteiger partial charge in [0.1, 0.15) is 11.6 Å². The number of amides is 1. The van der Waals surface area contributed by atoms with E-state index in [1.807, 2.05) is 0 Å². The average Bonchev–Trinajstić information content (AvgIpc) is 2.84. The highest BCUT2D eigenvalue weighted by Crippen LogP contribution is 2.25. The van der Waals surface area contributed by atoms with Crippen LogP contribution in [0.2, 0.25) is 0 Å². The van der Waals surface area contributed by atoms with Crippen LogP contribution < -0.4 is 5.73 Å². The highest BCUT2D eigenvalue weighted by Gasteiger charge is 2.47. The second-order valence-corrected chi connectivity index (χ2v) is 4.66. The molecule has 7 heteroatoms. The van der Waals surface area contributed by atoms with Gasteiger partial charge in [0.05, 0.1) is 12.7 Å². The van der Waals surface area contributed by atoms with Gasteiger partial charge in [-0.3, -0.25) is 4.79 Å². The Bertz CT molecular complexity index is 340. The van der Waals surface area contributed by atoms with Gasteiger partial charge >= 0.3 is 5.97 Å². The average molecular weight is 244 g/mol. The van der Waals surface area contributed by atoms with Crippen molar-refractivity contribution in [1.29, 1.82) is 0 Å². The third kappa shape index (κ3) is 2.13. The third-order valence-corrected chi connectivity index (χ3v) is 3.30. The zero-order valence-corrected chi connectivity index (χ0v) is 9.33. The normalized spacial score (nSPS) is 37.4. The molecule has 3 atom stereocenters. The Morgan fingerprint density at radius 2 is 2.18 bits per heavy atom. The summed E-state index contributed by atoms with van der Waals surface area (Å²) in [7, 11) is 0. The molecule has 2 heterocycles. The highest BCUT2D eigenvalue weighted by molar-refractivity contribution is 5.91. The van der Waals surface area contributed by atoms with Gasteiger partial charge in [-0.05, 0) is 6.42 Å². The first kappa shape index (κ1) is 12.3. The number of hydrogen-bond donors (Lipinski definition) is 3. The minimum Gasteiger partial charge on any atom is -0.480 e. The van der Waals surface area contributed by atoms with Crippen molar-refractivity contribution in [3.8, 4) is 0 Å². The van der Waals surface area contributed by atoms with Crippen molar-refractivity contribution in [1.82, 2.24) is 4.90 Å². The van der Waals surface area contributed by atoms with E-state index in [2.05, 4.69) is 0 Å². The fourth-order valence-corrected chi connectivity index (χ4v) is 2.31. The number of carboxylic acids is 1. The van der Waals surface area contributed by atoms with Crippen molar-refractivity contribution in [3.63, 3.8) is 0 Å². The molecular formula is C10H16N2O5. The molecule has 0 aromatic rings. The lowest BCUT2D eigenvalue weighted by Crippen LogP contribution is -2.58. The van der Waals surface area contributed by atoms with Gasteiger partial charge in [-0.2, -0.15) is 0 Å². The van der Waals surface area contributed by atoms with Crippen molar-refractivity contribution in [2.45, 2.75) is 30.5 Å². The fraction of sp³-hybridized carbons (Fsp3) is 0.800. The van der Waals surface area contributed by atoms with Gasteiger partial charge in [-0.15, -0.1) is 0 Å². The summed E-state index contributed by atoms with van der Waals surface area (Å²) in [6.45, 7) is 0.524. The number of carbonyl (C=O) groups is 2. The molecule has 0 aromatic heterocycles. The predicted molar refractivity (Wildman–Crippen MR) is 56.1 cm³/mol. The maximum absolute atomic E-state index is 12.2. The molecule has 17 heavy (non-hydrogen) atoms. The van der Waals surface area contributed by atoms with Gasteiger partial charge in [-0.1, -0.05) is 0 Å². The summed E-state index contributed by atoms with van der Waals surface area (Å²) in [5.41, 5.74) is 4.76. The van der Waals surface area contributed by atoms with E-state index < -0.39 is 29.6 Å². The minimum absolute atomic E-state index is 0.0226. The van der Waals surface area contributed by atoms with Crippen LogP contribution in [0.1, 0.15) is 12.8 Å². The lowest BCUT2D eigenvalue weighted by molar-refractivity contribution is -0.150. The Morgan fingerprint density at radius 3 is 2.71 bits per heavy atom. The van der Waals surface area contributed by atoms with E-state index in [0.717, 1.165) is 4.90 Å². The van der Waals surface area contributed by atoms with Gasteiger partial charge in [0, 0.05) is 19.6 Å². The van der Waals surface area contributed by atoms with Crippen LogP contribution >= 0.6 is 0 Å². The molecule has 0 radical (unpaired) electrons. The van der Waals surface area contributed by atoms with Gasteiger partial charge in [0.2, 0.25) is 5.91 Å². The molecule has 96 valence electrons. The van der Waals surface area contributed by atoms with Crippen molar-refractivity contribution < 1.29 is 24.5 Å². The van der Waals surface area contributed by atoms with E-state index in [1.54, 1.807) is 0 Å². The number of carbonyl (C=O) groups excluding carboxylic acids is 1. The highest BCUT2D eigenvalue weighted by atomic mass is 16.5. The summed E-state index contributed by atoms with van der Waals surface area (Å²) in [5, 5.41) is 18.5. The Kier molecular flexibility index (Phi) is 3.07. The molecule has 2 fully saturated rings. The number of β-amino-alcohol motifs (C(OH)–C–C–N with tert-alkyl or cyclic N) is 1. The number of aliphatic hydroxyl groups is 1. The van der Waals surface area contributed by atoms with Crippen molar-refractivity contribution >= 4 is 11.9 Å². The fourth-order valence-electron chi connectivity index (χ4n) is 2.31. The predicted octanol–water partition coefficient (Wildman–Crippen LogP) is -1.85. The van der Waals surface area contributed by atoms with Crippen LogP contribution in [0.4, 0.5) is 0 Å². The minimum atomic E-state index is -1.14. The number of likely N-dealkylation sites (tertiary alicyclic amines) is 1. The van der Waals surface area contributed by atoms with Gasteiger partial charge in [0.25, 0.3) is 0 Å². The number of ether oxygens (including phenoxy) is 1. The zero-order valence-electron chi connectivity index (χ0n) is 9.33. The topological polar surface area (TPSA) is 113 Å². The molecule has 0 saturated carbocycles. The summed E-state index contributed by atoms with van der Waals surface area (Å²) in [6, 6.07) is -0.987. The van der Waals surface area contributed by atoms with Crippen LogP contribution in [0.5, 0.6) is 0 Å². The smallest absolute Gasteiger partial charge is 0.326 e. The van der Waals surface area contributed by atoms with Crippen LogP contribution in [0.25, 0.3) is 0 Å². The summed E-state index contributed by atoms with van der Waals surface area (Å²) < 4.78 is 5.08.